The van der Waals surface area contributed by atoms with Gasteiger partial charge in [0.1, 0.15) is 0 Å². The topological polar surface area (TPSA) is 37.4 Å². The van der Waals surface area contributed by atoms with E-state index in [2.05, 4.69) is 20.8 Å². The van der Waals surface area contributed by atoms with Crippen LogP contribution in [0.2, 0.25) is 0 Å². The van der Waals surface area contributed by atoms with Crippen LogP contribution in [0.4, 0.5) is 0 Å². The molecule has 0 saturated heterocycles. The van der Waals surface area contributed by atoms with E-state index < -0.39 is 5.54 Å². The molecule has 1 heterocycles. The van der Waals surface area contributed by atoms with Gasteiger partial charge in [0, 0.05) is 17.7 Å². The third-order valence-corrected chi connectivity index (χ3v) is 3.28. The van der Waals surface area contributed by atoms with Gasteiger partial charge in [0.15, 0.2) is 0 Å². The molecule has 0 radical (unpaired) electrons. The van der Waals surface area contributed by atoms with Crippen LogP contribution in [0, 0.1) is 5.41 Å². The summed E-state index contributed by atoms with van der Waals surface area (Å²) in [6.45, 7) is 10.3. The van der Waals surface area contributed by atoms with E-state index in [1.54, 1.807) is 0 Å². The Hall–Kier alpha value is -1.12. The van der Waals surface area contributed by atoms with Gasteiger partial charge in [-0.25, -0.2) is 0 Å². The average molecular weight is 223 g/mol. The van der Waals surface area contributed by atoms with Gasteiger partial charge in [0.05, 0.1) is 0 Å². The number of amides is 2. The summed E-state index contributed by atoms with van der Waals surface area (Å²) in [5.74, 6) is -0.385. The van der Waals surface area contributed by atoms with Crippen LogP contribution in [0.25, 0.3) is 0 Å². The summed E-state index contributed by atoms with van der Waals surface area (Å²) in [5.41, 5.74) is -0.288. The third kappa shape index (κ3) is 2.52. The maximum atomic E-state index is 11.6. The van der Waals surface area contributed by atoms with Gasteiger partial charge in [-0.2, -0.15) is 0 Å². The fourth-order valence-corrected chi connectivity index (χ4v) is 2.37. The SMILES string of the molecule is CCC(C)(C)CC(C)(C)N1C(=O)C=CC1=O. The van der Waals surface area contributed by atoms with E-state index in [0.717, 1.165) is 12.8 Å². The minimum Gasteiger partial charge on any atom is -0.270 e. The molecule has 0 spiro atoms. The van der Waals surface area contributed by atoms with Gasteiger partial charge in [-0.05, 0) is 25.7 Å². The molecule has 2 amide bonds. The summed E-state index contributed by atoms with van der Waals surface area (Å²) in [5, 5.41) is 0. The van der Waals surface area contributed by atoms with Crippen molar-refractivity contribution in [2.45, 2.75) is 53.0 Å². The summed E-state index contributed by atoms with van der Waals surface area (Å²) < 4.78 is 0. The molecule has 0 N–H and O–H groups in total. The average Bonchev–Trinajstić information content (AvgIpc) is 2.44. The van der Waals surface area contributed by atoms with Gasteiger partial charge in [0.2, 0.25) is 0 Å². The highest BCUT2D eigenvalue weighted by atomic mass is 16.2. The van der Waals surface area contributed by atoms with Gasteiger partial charge in [0.25, 0.3) is 11.8 Å². The molecule has 0 unspecified atom stereocenters. The summed E-state index contributed by atoms with van der Waals surface area (Å²) >= 11 is 0. The number of hydrogen-bond donors (Lipinski definition) is 0. The van der Waals surface area contributed by atoms with Crippen molar-refractivity contribution in [2.75, 3.05) is 0 Å². The van der Waals surface area contributed by atoms with Gasteiger partial charge >= 0.3 is 0 Å². The Morgan fingerprint density at radius 3 is 1.88 bits per heavy atom. The second-order valence-electron chi connectivity index (χ2n) is 5.85. The monoisotopic (exact) mass is 223 g/mol. The molecule has 0 atom stereocenters. The van der Waals surface area contributed by atoms with Gasteiger partial charge in [-0.3, -0.25) is 14.5 Å². The van der Waals surface area contributed by atoms with Crippen molar-refractivity contribution < 1.29 is 9.59 Å². The first-order valence-electron chi connectivity index (χ1n) is 5.76. The van der Waals surface area contributed by atoms with E-state index in [4.69, 9.17) is 0 Å². The van der Waals surface area contributed by atoms with Crippen molar-refractivity contribution in [1.29, 1.82) is 0 Å². The maximum Gasteiger partial charge on any atom is 0.254 e. The first kappa shape index (κ1) is 12.9. The molecule has 0 aromatic carbocycles. The van der Waals surface area contributed by atoms with Crippen molar-refractivity contribution >= 4 is 11.8 Å². The van der Waals surface area contributed by atoms with Crippen LogP contribution >= 0.6 is 0 Å². The van der Waals surface area contributed by atoms with Crippen molar-refractivity contribution in [3.05, 3.63) is 12.2 Å². The zero-order valence-corrected chi connectivity index (χ0v) is 10.8. The second-order valence-corrected chi connectivity index (χ2v) is 5.85. The number of imide groups is 1. The fraction of sp³-hybridized carbons (Fsp3) is 0.692. The molecule has 90 valence electrons. The molecule has 3 heteroatoms. The Bertz CT molecular complexity index is 322. The summed E-state index contributed by atoms with van der Waals surface area (Å²) in [7, 11) is 0. The van der Waals surface area contributed by atoms with Crippen molar-refractivity contribution in [3.63, 3.8) is 0 Å². The lowest BCUT2D eigenvalue weighted by Gasteiger charge is -2.39. The summed E-state index contributed by atoms with van der Waals surface area (Å²) in [4.78, 5) is 24.6. The molecular formula is C13H21NO2. The highest BCUT2D eigenvalue weighted by Gasteiger charge is 2.40. The van der Waals surface area contributed by atoms with E-state index in [1.807, 2.05) is 13.8 Å². The molecular weight excluding hydrogens is 202 g/mol. The zero-order valence-electron chi connectivity index (χ0n) is 10.8. The van der Waals surface area contributed by atoms with Crippen molar-refractivity contribution in [1.82, 2.24) is 4.90 Å². The second kappa shape index (κ2) is 4.04. The number of nitrogens with zero attached hydrogens (tertiary/aromatic N) is 1. The highest BCUT2D eigenvalue weighted by molar-refractivity contribution is 6.13. The fourth-order valence-electron chi connectivity index (χ4n) is 2.37. The zero-order chi connectivity index (χ0) is 12.6. The predicted molar refractivity (Wildman–Crippen MR) is 63.8 cm³/mol. The largest absolute Gasteiger partial charge is 0.270 e. The lowest BCUT2D eigenvalue weighted by Crippen LogP contribution is -2.49. The molecule has 0 aliphatic carbocycles. The van der Waals surface area contributed by atoms with Gasteiger partial charge in [-0.1, -0.05) is 27.2 Å². The van der Waals surface area contributed by atoms with Gasteiger partial charge in [-0.15, -0.1) is 0 Å². The minimum atomic E-state index is -0.419. The van der Waals surface area contributed by atoms with Crippen LogP contribution in [-0.2, 0) is 9.59 Å². The van der Waals surface area contributed by atoms with Crippen LogP contribution in [0.1, 0.15) is 47.5 Å². The first-order chi connectivity index (χ1) is 7.19. The summed E-state index contributed by atoms with van der Waals surface area (Å²) in [6.07, 6.45) is 4.54. The Labute approximate surface area is 97.5 Å². The molecule has 16 heavy (non-hydrogen) atoms. The van der Waals surface area contributed by atoms with E-state index in [1.165, 1.54) is 17.1 Å². The molecule has 3 nitrogen and oxygen atoms in total. The minimum absolute atomic E-state index is 0.132. The molecule has 0 fully saturated rings. The molecule has 1 aliphatic rings. The van der Waals surface area contributed by atoms with Crippen LogP contribution in [-0.4, -0.2) is 22.3 Å². The van der Waals surface area contributed by atoms with E-state index in [9.17, 15) is 9.59 Å². The predicted octanol–water partition coefficient (Wildman–Crippen LogP) is 2.52. The number of carbonyl (C=O) groups is 2. The first-order valence-corrected chi connectivity index (χ1v) is 5.76. The highest BCUT2D eigenvalue weighted by Crippen LogP contribution is 2.35. The smallest absolute Gasteiger partial charge is 0.254 e. The quantitative estimate of drug-likeness (QED) is 0.687. The lowest BCUT2D eigenvalue weighted by molar-refractivity contribution is -0.143. The molecule has 0 saturated carbocycles. The maximum absolute atomic E-state index is 11.6. The van der Waals surface area contributed by atoms with Crippen LogP contribution in [0.5, 0.6) is 0 Å². The van der Waals surface area contributed by atoms with Crippen LogP contribution in [0.15, 0.2) is 12.2 Å². The molecule has 0 aromatic rings. The standard InChI is InChI=1S/C13H21NO2/c1-6-12(2,3)9-13(4,5)14-10(15)7-8-11(14)16/h7-8H,6,9H2,1-5H3. The normalized spacial score (nSPS) is 17.4. The van der Waals surface area contributed by atoms with Crippen molar-refractivity contribution in [2.24, 2.45) is 5.41 Å². The van der Waals surface area contributed by atoms with Crippen molar-refractivity contribution in [3.8, 4) is 0 Å². The molecule has 0 aromatic heterocycles. The third-order valence-electron chi connectivity index (χ3n) is 3.28. The molecule has 1 rings (SSSR count). The Balaban J connectivity index is 2.86. The van der Waals surface area contributed by atoms with E-state index >= 15 is 0 Å². The molecule has 0 bridgehead atoms. The van der Waals surface area contributed by atoms with Crippen LogP contribution in [0.3, 0.4) is 0 Å². The number of carbonyl (C=O) groups excluding carboxylic acids is 2. The van der Waals surface area contributed by atoms with Crippen LogP contribution < -0.4 is 0 Å². The number of rotatable bonds is 4. The molecule has 1 aliphatic heterocycles. The Morgan fingerprint density at radius 2 is 1.50 bits per heavy atom. The Kier molecular flexibility index (Phi) is 3.27. The Morgan fingerprint density at radius 1 is 1.06 bits per heavy atom. The summed E-state index contributed by atoms with van der Waals surface area (Å²) in [6, 6.07) is 0. The number of hydrogen-bond acceptors (Lipinski definition) is 2. The van der Waals surface area contributed by atoms with Gasteiger partial charge < -0.3 is 0 Å². The van der Waals surface area contributed by atoms with E-state index in [-0.39, 0.29) is 17.2 Å². The lowest BCUT2D eigenvalue weighted by atomic mass is 9.77. The van der Waals surface area contributed by atoms with E-state index in [0.29, 0.717) is 0 Å².